The summed E-state index contributed by atoms with van der Waals surface area (Å²) < 4.78 is 95.0. The van der Waals surface area contributed by atoms with Gasteiger partial charge in [-0.15, -0.1) is 0 Å². The molecule has 5 atom stereocenters. The Hall–Kier alpha value is -2.12. The highest BCUT2D eigenvalue weighted by atomic mass is 127. The summed E-state index contributed by atoms with van der Waals surface area (Å²) in [6.07, 6.45) is 0.527. The maximum Gasteiger partial charge on any atom is 0.343 e. The molecule has 3 aromatic carbocycles. The summed E-state index contributed by atoms with van der Waals surface area (Å²) >= 11 is 18.7. The molecule has 9 saturated heterocycles. The second-order valence-electron chi connectivity index (χ2n) is 35.4. The number of non-ortho nitro benzene ring substituents is 1. The van der Waals surface area contributed by atoms with E-state index in [0.717, 1.165) is 316 Å². The van der Waals surface area contributed by atoms with Crippen LogP contribution in [0, 0.1) is 23.0 Å². The monoisotopic (exact) mass is 3080 g/mol. The van der Waals surface area contributed by atoms with Gasteiger partial charge in [-0.25, -0.2) is 4.79 Å². The number of quaternary nitrogens is 9. The summed E-state index contributed by atoms with van der Waals surface area (Å²) in [5, 5.41) is 10.6. The van der Waals surface area contributed by atoms with Crippen molar-refractivity contribution in [1.82, 2.24) is 0 Å². The van der Waals surface area contributed by atoms with Gasteiger partial charge < -0.3 is 129 Å². The van der Waals surface area contributed by atoms with Gasteiger partial charge in [-0.3, -0.25) is 48.5 Å². The lowest BCUT2D eigenvalue weighted by atomic mass is 10.1. The van der Waals surface area contributed by atoms with Gasteiger partial charge >= 0.3 is 53.7 Å². The third-order valence-corrected chi connectivity index (χ3v) is 31.2. The molecule has 12 rings (SSSR count). The van der Waals surface area contributed by atoms with Crippen LogP contribution in [0.3, 0.4) is 0 Å². The average molecular weight is 3080 g/mol. The van der Waals surface area contributed by atoms with Gasteiger partial charge in [0, 0.05) is 21.0 Å². The van der Waals surface area contributed by atoms with E-state index in [1.807, 2.05) is 157 Å². The van der Waals surface area contributed by atoms with Crippen molar-refractivity contribution >= 4 is 263 Å². The van der Waals surface area contributed by atoms with E-state index in [1.54, 1.807) is 12.1 Å². The van der Waals surface area contributed by atoms with E-state index in [0.29, 0.717) is 79.5 Å². The first-order valence-electron chi connectivity index (χ1n) is 50.1. The molecule has 48 heteroatoms. The van der Waals surface area contributed by atoms with E-state index >= 15 is 0 Å². The van der Waals surface area contributed by atoms with Crippen LogP contribution in [0.1, 0.15) is 68.1 Å². The van der Waals surface area contributed by atoms with Gasteiger partial charge in [0.05, 0.1) is 144 Å². The number of alkyl halides is 8. The molecule has 39 nitrogen and oxygen atoms in total. The number of halogens is 9. The fourth-order valence-electron chi connectivity index (χ4n) is 14.4. The van der Waals surface area contributed by atoms with Crippen molar-refractivity contribution in [2.24, 2.45) is 5.92 Å². The van der Waals surface area contributed by atoms with Gasteiger partial charge in [0.1, 0.15) is 255 Å². The Labute approximate surface area is 984 Å². The van der Waals surface area contributed by atoms with Crippen LogP contribution >= 0.6 is 203 Å². The predicted molar refractivity (Wildman–Crippen MR) is 622 cm³/mol. The first-order valence-corrected chi connectivity index (χ1v) is 61.9. The number of hydrogen-bond donors (Lipinski definition) is 9. The van der Waals surface area contributed by atoms with Crippen LogP contribution in [0.25, 0.3) is 0 Å². The summed E-state index contributed by atoms with van der Waals surface area (Å²) in [6, 6.07) is 23.7. The zero-order valence-electron chi connectivity index (χ0n) is 85.3. The minimum atomic E-state index is -0.463. The number of nitrogens with one attached hydrogen (secondary N) is 9. The van der Waals surface area contributed by atoms with Crippen LogP contribution in [-0.2, 0) is 128 Å². The van der Waals surface area contributed by atoms with Crippen molar-refractivity contribution in [3.8, 4) is 0 Å². The van der Waals surface area contributed by atoms with Crippen molar-refractivity contribution in [1.29, 1.82) is 0 Å². The normalized spacial score (nSPS) is 18.3. The third kappa shape index (κ3) is 67.1. The van der Waals surface area contributed by atoms with E-state index in [9.17, 15) is 53.3 Å². The summed E-state index contributed by atoms with van der Waals surface area (Å²) in [5.74, 6) is -1.42. The van der Waals surface area contributed by atoms with Crippen molar-refractivity contribution in [3.05, 3.63) is 121 Å². The minimum absolute atomic E-state index is 0.0108. The molecule has 0 spiro atoms. The molecule has 3 aromatic rings. The molecule has 9 heterocycles. The van der Waals surface area contributed by atoms with E-state index in [2.05, 4.69) is 142 Å². The molecule has 146 heavy (non-hydrogen) atoms. The standard InChI is InChI=1S/C15H20INO3.C14H17IN2O5.C14H18INO3.2C10H18INO3.C9H16INO3.C9H14INO3.C9H16INO3.C8H14INO3/c1-12-2-4-13(5-3-12)14(16)15(18)20-11-8-17-6-9-19-10-7-17;15-13(11-1-3-12(4-2-11)17(19)20)14(18)22-10-7-16-5-8-21-9-6-16;15-13(12-4-2-1-3-5-12)14(17)19-11-8-16-6-9-18-10-7-16;1-10(2,11)9(13)15-8-5-12-3-6-14-7-4-12;1-9(8-11)10(13)15-7-4-12-2-5-14-6-3-12;2*1-8(10)9(12)14-7-4-11-2-5-13-6-3-11;10-2-1-9(12)14-8-5-11-3-6-13-7-4-11;9-7-8(11)13-6-3-10-1-4-12-5-2-10/h2-5,14H,6-11H2,1H3;1-4,13H,5-10H2;1-5,13H,6-11H2;3-8H2,1-2H3;9H,2-8H2,1H3;8H,2-7H2,1H3;1-7H2;1-8H2;1-7H2/p+9. The lowest BCUT2D eigenvalue weighted by Gasteiger charge is -2.24. The van der Waals surface area contributed by atoms with Crippen LogP contribution in [0.15, 0.2) is 89.0 Å². The number of carbonyl (C=O) groups excluding carboxylic acids is 9. The number of carbonyl (C=O) groups is 9. The summed E-state index contributed by atoms with van der Waals surface area (Å²) in [5.41, 5.74) is 3.90. The number of nitro groups is 1. The lowest BCUT2D eigenvalue weighted by Crippen LogP contribution is -3.14. The molecule has 0 bridgehead atoms. The molecule has 5 unspecified atom stereocenters. The van der Waals surface area contributed by atoms with E-state index in [1.165, 1.54) is 61.8 Å². The molecule has 9 aliphatic heterocycles. The number of esters is 9. The molecule has 0 radical (unpaired) electrons. The second-order valence-corrected chi connectivity index (χ2v) is 47.8. The average Bonchev–Trinajstić information content (AvgIpc) is 0.865. The lowest BCUT2D eigenvalue weighted by molar-refractivity contribution is -0.908. The van der Waals surface area contributed by atoms with Crippen LogP contribution in [0.5, 0.6) is 0 Å². The molecule has 0 aliphatic carbocycles. The van der Waals surface area contributed by atoms with Gasteiger partial charge in [-0.1, -0.05) is 267 Å². The molecule has 9 fully saturated rings. The smallest absolute Gasteiger partial charge is 0.343 e. The van der Waals surface area contributed by atoms with E-state index in [-0.39, 0.29) is 77.1 Å². The molecule has 830 valence electrons. The number of ether oxygens (including phenoxy) is 18. The van der Waals surface area contributed by atoms with Crippen molar-refractivity contribution in [3.63, 3.8) is 0 Å². The maximum absolute atomic E-state index is 12.0. The fourth-order valence-corrected chi connectivity index (χ4v) is 17.7. The Morgan fingerprint density at radius 2 is 0.610 bits per heavy atom. The molecular formula is C98H160I9N10O29+9. The zero-order chi connectivity index (χ0) is 107. The van der Waals surface area contributed by atoms with Gasteiger partial charge in [0.15, 0.2) is 0 Å². The number of nitro benzene ring substituents is 1. The molecule has 9 N–H and O–H groups in total. The Morgan fingerprint density at radius 1 is 0.363 bits per heavy atom. The highest BCUT2D eigenvalue weighted by Gasteiger charge is 2.30. The summed E-state index contributed by atoms with van der Waals surface area (Å²) in [7, 11) is 0. The van der Waals surface area contributed by atoms with Crippen LogP contribution in [0.4, 0.5) is 5.69 Å². The van der Waals surface area contributed by atoms with Crippen LogP contribution in [-0.4, -0.2) is 434 Å². The second kappa shape index (κ2) is 86.0. The Bertz CT molecular complexity index is 4020. The van der Waals surface area contributed by atoms with Gasteiger partial charge in [0.2, 0.25) is 0 Å². The van der Waals surface area contributed by atoms with Crippen LogP contribution < -0.4 is 44.1 Å². The topological polar surface area (TPSA) is 403 Å². The van der Waals surface area contributed by atoms with Crippen molar-refractivity contribution < 1.29 is 177 Å². The Kier molecular flexibility index (Phi) is 80.2. The summed E-state index contributed by atoms with van der Waals surface area (Å²) in [6.45, 7) is 58.1. The third-order valence-electron chi connectivity index (χ3n) is 23.7. The van der Waals surface area contributed by atoms with Crippen LogP contribution in [0.2, 0.25) is 0 Å². The van der Waals surface area contributed by atoms with Gasteiger partial charge in [0.25, 0.3) is 5.69 Å². The largest absolute Gasteiger partial charge is 0.460 e. The quantitative estimate of drug-likeness (QED) is 0.00567. The predicted octanol–water partition coefficient (Wildman–Crippen LogP) is -1.94. The highest BCUT2D eigenvalue weighted by Crippen LogP contribution is 2.28. The molecule has 0 saturated carbocycles. The number of aryl methyl sites for hydroxylation is 1. The zero-order valence-corrected chi connectivity index (χ0v) is 105. The SMILES string of the molecule is C=C(I)C(=O)OCC[NH+]1CCOCC1.CC(C)(I)C(=O)OCC[NH+]1CCOCC1.CC(CI)C(=O)OCC[NH+]1CCOCC1.CC(I)C(=O)OCC[NH+]1CCOCC1.Cc1ccc(C(I)C(=O)OCC[NH+]2CCOCC2)cc1.O=C(CCI)OCC[NH+]1CCOCC1.O=C(CI)OCC[NH+]1CCOCC1.O=C(OCC[NH+]1CCOCC1)C(I)c1ccc([N+](=O)[O-])cc1.O=C(OCC[NH+]1CCOCC1)C(I)c1ccccc1. The Morgan fingerprint density at radius 3 is 0.863 bits per heavy atom. The van der Waals surface area contributed by atoms with Crippen molar-refractivity contribution in [2.75, 3.05) is 368 Å². The molecule has 0 amide bonds. The Balaban J connectivity index is 0.000000344. The number of benzene rings is 3. The van der Waals surface area contributed by atoms with Crippen molar-refractivity contribution in [2.45, 2.75) is 60.2 Å². The number of hydrogen-bond acceptors (Lipinski definition) is 29. The number of nitrogens with zero attached hydrogens (tertiary/aromatic N) is 1. The fraction of sp³-hybridized carbons (Fsp3) is 0.704. The number of morpholine rings is 9. The van der Waals surface area contributed by atoms with E-state index < -0.39 is 12.3 Å². The first kappa shape index (κ1) is 136. The number of rotatable bonds is 42. The highest BCUT2D eigenvalue weighted by molar-refractivity contribution is 14.1. The minimum Gasteiger partial charge on any atom is -0.460 e. The van der Waals surface area contributed by atoms with E-state index in [4.69, 9.17) is 85.3 Å². The first-order chi connectivity index (χ1) is 70.3. The molecule has 9 aliphatic rings. The maximum atomic E-state index is 12.0. The summed E-state index contributed by atoms with van der Waals surface area (Å²) in [4.78, 5) is 126. The van der Waals surface area contributed by atoms with Gasteiger partial charge in [-0.05, 0) is 67.0 Å². The van der Waals surface area contributed by atoms with Gasteiger partial charge in [-0.2, -0.15) is 0 Å². The molecule has 0 aromatic heterocycles. The molecular weight excluding hydrogens is 2920 g/mol.